The number of sulfonamides is 1. The molecule has 5 nitrogen and oxygen atoms in total. The molecule has 0 aliphatic carbocycles. The van der Waals surface area contributed by atoms with Gasteiger partial charge in [-0.2, -0.15) is 5.10 Å². The van der Waals surface area contributed by atoms with E-state index >= 15 is 0 Å². The lowest BCUT2D eigenvalue weighted by atomic mass is 10.1. The van der Waals surface area contributed by atoms with E-state index in [-0.39, 0.29) is 4.90 Å². The van der Waals surface area contributed by atoms with Crippen LogP contribution in [0.3, 0.4) is 0 Å². The second-order valence-electron chi connectivity index (χ2n) is 5.44. The van der Waals surface area contributed by atoms with Gasteiger partial charge in [-0.1, -0.05) is 24.3 Å². The molecule has 0 fully saturated rings. The highest BCUT2D eigenvalue weighted by molar-refractivity contribution is 7.92. The normalized spacial score (nSPS) is 11.4. The van der Waals surface area contributed by atoms with Gasteiger partial charge >= 0.3 is 0 Å². The van der Waals surface area contributed by atoms with Gasteiger partial charge in [0.15, 0.2) is 0 Å². The third kappa shape index (κ3) is 3.43. The Kier molecular flexibility index (Phi) is 3.92. The summed E-state index contributed by atoms with van der Waals surface area (Å²) >= 11 is 0. The van der Waals surface area contributed by atoms with E-state index in [9.17, 15) is 8.42 Å². The molecule has 0 aliphatic rings. The average Bonchev–Trinajstić information content (AvgIpc) is 2.94. The Morgan fingerprint density at radius 2 is 1.78 bits per heavy atom. The van der Waals surface area contributed by atoms with Gasteiger partial charge in [-0.3, -0.25) is 9.82 Å². The summed E-state index contributed by atoms with van der Waals surface area (Å²) in [5, 5.41) is 7.07. The maximum absolute atomic E-state index is 12.5. The summed E-state index contributed by atoms with van der Waals surface area (Å²) in [7, 11) is -3.61. The smallest absolute Gasteiger partial charge is 0.261 e. The van der Waals surface area contributed by atoms with Crippen molar-refractivity contribution in [3.8, 4) is 11.3 Å². The maximum Gasteiger partial charge on any atom is 0.261 e. The highest BCUT2D eigenvalue weighted by atomic mass is 32.2. The number of nitrogens with one attached hydrogen (secondary N) is 2. The van der Waals surface area contributed by atoms with Gasteiger partial charge in [0.1, 0.15) is 0 Å². The fraction of sp³-hybridized carbons (Fsp3) is 0.118. The molecule has 0 bridgehead atoms. The number of aromatic amines is 1. The molecule has 3 rings (SSSR count). The zero-order chi connectivity index (χ0) is 16.4. The average molecular weight is 327 g/mol. The van der Waals surface area contributed by atoms with E-state index < -0.39 is 10.0 Å². The van der Waals surface area contributed by atoms with Gasteiger partial charge in [-0.25, -0.2) is 8.42 Å². The van der Waals surface area contributed by atoms with Gasteiger partial charge in [0, 0.05) is 16.9 Å². The molecule has 2 aromatic carbocycles. The van der Waals surface area contributed by atoms with Crippen molar-refractivity contribution < 1.29 is 8.42 Å². The number of benzene rings is 2. The summed E-state index contributed by atoms with van der Waals surface area (Å²) in [6.07, 6.45) is 0. The molecule has 0 saturated heterocycles. The molecule has 2 N–H and O–H groups in total. The monoisotopic (exact) mass is 327 g/mol. The number of aromatic nitrogens is 2. The highest BCUT2D eigenvalue weighted by Crippen LogP contribution is 2.23. The fourth-order valence-electron chi connectivity index (χ4n) is 2.30. The topological polar surface area (TPSA) is 74.8 Å². The molecular weight excluding hydrogens is 310 g/mol. The summed E-state index contributed by atoms with van der Waals surface area (Å²) in [4.78, 5) is 0.249. The zero-order valence-corrected chi connectivity index (χ0v) is 13.7. The predicted molar refractivity (Wildman–Crippen MR) is 90.7 cm³/mol. The molecule has 3 aromatic rings. The van der Waals surface area contributed by atoms with E-state index in [0.717, 1.165) is 22.5 Å². The Morgan fingerprint density at radius 1 is 1.00 bits per heavy atom. The minimum atomic E-state index is -3.61. The zero-order valence-electron chi connectivity index (χ0n) is 12.9. The van der Waals surface area contributed by atoms with E-state index in [1.54, 1.807) is 36.4 Å². The van der Waals surface area contributed by atoms with Gasteiger partial charge in [0.2, 0.25) is 0 Å². The van der Waals surface area contributed by atoms with Gasteiger partial charge in [0.05, 0.1) is 10.6 Å². The molecule has 23 heavy (non-hydrogen) atoms. The van der Waals surface area contributed by atoms with Crippen LogP contribution < -0.4 is 4.72 Å². The van der Waals surface area contributed by atoms with Gasteiger partial charge in [-0.15, -0.1) is 0 Å². The van der Waals surface area contributed by atoms with Gasteiger partial charge in [-0.05, 0) is 49.7 Å². The number of rotatable bonds is 4. The Labute approximate surface area is 135 Å². The molecular formula is C17H17N3O2S. The van der Waals surface area contributed by atoms with Gasteiger partial charge < -0.3 is 0 Å². The van der Waals surface area contributed by atoms with Crippen LogP contribution in [0.4, 0.5) is 5.69 Å². The fourth-order valence-corrected chi connectivity index (χ4v) is 3.46. The number of nitrogens with zero attached hydrogens (tertiary/aromatic N) is 1. The minimum absolute atomic E-state index is 0.249. The maximum atomic E-state index is 12.5. The van der Waals surface area contributed by atoms with Crippen LogP contribution in [0.2, 0.25) is 0 Å². The van der Waals surface area contributed by atoms with E-state index in [1.807, 2.05) is 32.0 Å². The first-order chi connectivity index (χ1) is 10.9. The van der Waals surface area contributed by atoms with Crippen molar-refractivity contribution in [3.63, 3.8) is 0 Å². The third-order valence-corrected chi connectivity index (χ3v) is 4.80. The Balaban J connectivity index is 1.91. The quantitative estimate of drug-likeness (QED) is 0.770. The van der Waals surface area contributed by atoms with Crippen molar-refractivity contribution in [1.29, 1.82) is 0 Å². The lowest BCUT2D eigenvalue weighted by Crippen LogP contribution is -2.13. The second-order valence-corrected chi connectivity index (χ2v) is 7.12. The SMILES string of the molecule is Cc1cccc(S(=O)(=O)Nc2cccc(-c3cc(C)[nH]n3)c2)c1. The first kappa shape index (κ1) is 15.3. The van der Waals surface area contributed by atoms with Crippen LogP contribution in [0, 0.1) is 13.8 Å². The highest BCUT2D eigenvalue weighted by Gasteiger charge is 2.14. The Bertz CT molecular complexity index is 946. The standard InChI is InChI=1S/C17H17N3O2S/c1-12-5-3-8-16(9-12)23(21,22)20-15-7-4-6-14(11-15)17-10-13(2)18-19-17/h3-11,20H,1-2H3,(H,18,19). The lowest BCUT2D eigenvalue weighted by Gasteiger charge is -2.09. The molecule has 0 atom stereocenters. The lowest BCUT2D eigenvalue weighted by molar-refractivity contribution is 0.601. The van der Waals surface area contributed by atoms with Crippen LogP contribution in [-0.2, 0) is 10.0 Å². The number of anilines is 1. The molecule has 0 spiro atoms. The summed E-state index contributed by atoms with van der Waals surface area (Å²) in [6, 6.07) is 15.9. The Morgan fingerprint density at radius 3 is 2.48 bits per heavy atom. The molecule has 0 radical (unpaired) electrons. The molecule has 0 saturated carbocycles. The van der Waals surface area contributed by atoms with Crippen LogP contribution >= 0.6 is 0 Å². The second kappa shape index (κ2) is 5.89. The van der Waals surface area contributed by atoms with Crippen molar-refractivity contribution >= 4 is 15.7 Å². The minimum Gasteiger partial charge on any atom is -0.282 e. The molecule has 0 unspecified atom stereocenters. The van der Waals surface area contributed by atoms with E-state index in [1.165, 1.54) is 0 Å². The Hall–Kier alpha value is -2.60. The van der Waals surface area contributed by atoms with Crippen LogP contribution in [0.25, 0.3) is 11.3 Å². The molecule has 118 valence electrons. The van der Waals surface area contributed by atoms with Crippen molar-refractivity contribution in [2.24, 2.45) is 0 Å². The molecule has 0 aliphatic heterocycles. The summed E-state index contributed by atoms with van der Waals surface area (Å²) < 4.78 is 27.6. The van der Waals surface area contributed by atoms with E-state index in [4.69, 9.17) is 0 Å². The van der Waals surface area contributed by atoms with Gasteiger partial charge in [0.25, 0.3) is 10.0 Å². The number of hydrogen-bond acceptors (Lipinski definition) is 3. The number of hydrogen-bond donors (Lipinski definition) is 2. The van der Waals surface area contributed by atoms with Crippen molar-refractivity contribution in [2.75, 3.05) is 4.72 Å². The van der Waals surface area contributed by atoms with Crippen LogP contribution in [0.5, 0.6) is 0 Å². The molecule has 0 amide bonds. The number of H-pyrrole nitrogens is 1. The summed E-state index contributed by atoms with van der Waals surface area (Å²) in [5.41, 5.74) is 3.97. The summed E-state index contributed by atoms with van der Waals surface area (Å²) in [6.45, 7) is 3.78. The third-order valence-electron chi connectivity index (χ3n) is 3.42. The van der Waals surface area contributed by atoms with Crippen molar-refractivity contribution in [3.05, 3.63) is 65.9 Å². The van der Waals surface area contributed by atoms with Crippen molar-refractivity contribution in [1.82, 2.24) is 10.2 Å². The van der Waals surface area contributed by atoms with E-state index in [2.05, 4.69) is 14.9 Å². The van der Waals surface area contributed by atoms with Crippen LogP contribution in [0.1, 0.15) is 11.3 Å². The summed E-state index contributed by atoms with van der Waals surface area (Å²) in [5.74, 6) is 0. The predicted octanol–water partition coefficient (Wildman–Crippen LogP) is 3.49. The largest absolute Gasteiger partial charge is 0.282 e. The molecule has 6 heteroatoms. The van der Waals surface area contributed by atoms with Crippen molar-refractivity contribution in [2.45, 2.75) is 18.7 Å². The van der Waals surface area contributed by atoms with E-state index in [0.29, 0.717) is 5.69 Å². The molecule has 1 heterocycles. The van der Waals surface area contributed by atoms with Crippen LogP contribution in [-0.4, -0.2) is 18.6 Å². The number of aryl methyl sites for hydroxylation is 2. The first-order valence-electron chi connectivity index (χ1n) is 7.16. The molecule has 1 aromatic heterocycles. The van der Waals surface area contributed by atoms with Crippen LogP contribution in [0.15, 0.2) is 59.5 Å². The first-order valence-corrected chi connectivity index (χ1v) is 8.64.